The Hall–Kier alpha value is -0.340. The maximum atomic E-state index is 13.0. The van der Waals surface area contributed by atoms with Gasteiger partial charge in [-0.3, -0.25) is 0 Å². The van der Waals surface area contributed by atoms with Gasteiger partial charge >= 0.3 is 0 Å². The number of hydrogen-bond acceptors (Lipinski definition) is 4. The Labute approximate surface area is 146 Å². The van der Waals surface area contributed by atoms with Crippen LogP contribution < -0.4 is 10.5 Å². The molecule has 1 saturated heterocycles. The van der Waals surface area contributed by atoms with Crippen molar-refractivity contribution in [3.8, 4) is 5.75 Å². The zero-order valence-electron chi connectivity index (χ0n) is 12.5. The van der Waals surface area contributed by atoms with E-state index >= 15 is 0 Å². The fourth-order valence-electron chi connectivity index (χ4n) is 2.75. The van der Waals surface area contributed by atoms with Gasteiger partial charge < -0.3 is 10.5 Å². The lowest BCUT2D eigenvalue weighted by molar-refractivity contribution is 0.242. The number of nitrogens with two attached hydrogens (primary N) is 1. The lowest BCUT2D eigenvalue weighted by atomic mass is 10.0. The molecule has 126 valence electrons. The minimum Gasteiger partial charge on any atom is -0.495 e. The van der Waals surface area contributed by atoms with Gasteiger partial charge in [-0.15, -0.1) is 12.4 Å². The van der Waals surface area contributed by atoms with Crippen LogP contribution in [0.15, 0.2) is 27.6 Å². The van der Waals surface area contributed by atoms with Gasteiger partial charge in [0.15, 0.2) is 0 Å². The molecule has 1 unspecified atom stereocenters. The fourth-order valence-corrected chi connectivity index (χ4v) is 5.17. The van der Waals surface area contributed by atoms with Crippen molar-refractivity contribution in [1.29, 1.82) is 0 Å². The third-order valence-corrected chi connectivity index (χ3v) is 6.25. The predicted molar refractivity (Wildman–Crippen MR) is 93.1 cm³/mol. The molecule has 2 rings (SSSR count). The summed E-state index contributed by atoms with van der Waals surface area (Å²) in [4.78, 5) is 0.211. The number of hydrogen-bond donors (Lipinski definition) is 1. The second-order valence-corrected chi connectivity index (χ2v) is 7.91. The van der Waals surface area contributed by atoms with Crippen molar-refractivity contribution < 1.29 is 13.2 Å². The van der Waals surface area contributed by atoms with Crippen molar-refractivity contribution in [2.45, 2.75) is 36.6 Å². The number of sulfonamides is 1. The predicted octanol–water partition coefficient (Wildman–Crippen LogP) is 2.77. The van der Waals surface area contributed by atoms with Crippen LogP contribution in [0, 0.1) is 0 Å². The summed E-state index contributed by atoms with van der Waals surface area (Å²) in [5, 5.41) is 0. The fraction of sp³-hybridized carbons (Fsp3) is 0.571. The molecular weight excluding hydrogens is 392 g/mol. The number of rotatable bonds is 5. The van der Waals surface area contributed by atoms with E-state index in [4.69, 9.17) is 10.5 Å². The molecule has 0 spiro atoms. The molecule has 2 N–H and O–H groups in total. The third kappa shape index (κ3) is 4.14. The van der Waals surface area contributed by atoms with E-state index in [0.29, 0.717) is 29.7 Å². The lowest BCUT2D eigenvalue weighted by Gasteiger charge is -2.34. The van der Waals surface area contributed by atoms with Crippen molar-refractivity contribution in [3.05, 3.63) is 22.7 Å². The van der Waals surface area contributed by atoms with Crippen LogP contribution in [0.3, 0.4) is 0 Å². The van der Waals surface area contributed by atoms with Crippen LogP contribution in [0.1, 0.15) is 25.7 Å². The van der Waals surface area contributed by atoms with Gasteiger partial charge in [0.25, 0.3) is 0 Å². The van der Waals surface area contributed by atoms with Crippen LogP contribution in [-0.4, -0.2) is 39.0 Å². The van der Waals surface area contributed by atoms with Crippen LogP contribution in [0.4, 0.5) is 0 Å². The van der Waals surface area contributed by atoms with Gasteiger partial charge in [-0.25, -0.2) is 8.42 Å². The summed E-state index contributed by atoms with van der Waals surface area (Å²) in [6, 6.07) is 5.02. The Morgan fingerprint density at radius 2 is 2.14 bits per heavy atom. The highest BCUT2D eigenvalue weighted by molar-refractivity contribution is 9.10. The first kappa shape index (κ1) is 19.7. The number of nitrogens with zero attached hydrogens (tertiary/aromatic N) is 1. The molecule has 0 aromatic heterocycles. The molecule has 0 bridgehead atoms. The van der Waals surface area contributed by atoms with E-state index in [1.54, 1.807) is 22.5 Å². The molecule has 0 radical (unpaired) electrons. The van der Waals surface area contributed by atoms with E-state index in [2.05, 4.69) is 15.9 Å². The lowest BCUT2D eigenvalue weighted by Crippen LogP contribution is -2.44. The first-order chi connectivity index (χ1) is 10.0. The molecule has 22 heavy (non-hydrogen) atoms. The smallest absolute Gasteiger partial charge is 0.247 e. The number of benzene rings is 1. The van der Waals surface area contributed by atoms with Gasteiger partial charge in [0.2, 0.25) is 10.0 Å². The highest BCUT2D eigenvalue weighted by Crippen LogP contribution is 2.33. The highest BCUT2D eigenvalue weighted by atomic mass is 79.9. The second-order valence-electron chi connectivity index (χ2n) is 5.14. The number of halogens is 2. The van der Waals surface area contributed by atoms with E-state index < -0.39 is 10.0 Å². The van der Waals surface area contributed by atoms with E-state index in [-0.39, 0.29) is 23.3 Å². The summed E-state index contributed by atoms with van der Waals surface area (Å²) in [6.45, 7) is 1.04. The van der Waals surface area contributed by atoms with Gasteiger partial charge in [-0.05, 0) is 44.0 Å². The maximum absolute atomic E-state index is 13.0. The SMILES string of the molecule is COc1ccc(Br)cc1S(=O)(=O)N1CCCCC1CCN.Cl. The first-order valence-corrected chi connectivity index (χ1v) is 9.29. The van der Waals surface area contributed by atoms with Crippen molar-refractivity contribution in [3.63, 3.8) is 0 Å². The van der Waals surface area contributed by atoms with Crippen molar-refractivity contribution in [2.75, 3.05) is 20.2 Å². The third-order valence-electron chi connectivity index (χ3n) is 3.79. The van der Waals surface area contributed by atoms with Gasteiger partial charge in [0.05, 0.1) is 7.11 Å². The van der Waals surface area contributed by atoms with E-state index in [0.717, 1.165) is 19.3 Å². The van der Waals surface area contributed by atoms with Crippen LogP contribution in [0.5, 0.6) is 5.75 Å². The molecule has 0 amide bonds. The first-order valence-electron chi connectivity index (χ1n) is 7.06. The average Bonchev–Trinajstić information content (AvgIpc) is 2.48. The monoisotopic (exact) mass is 412 g/mol. The van der Waals surface area contributed by atoms with Crippen molar-refractivity contribution >= 4 is 38.4 Å². The molecule has 1 fully saturated rings. The Balaban J connectivity index is 0.00000242. The van der Waals surface area contributed by atoms with E-state index in [1.807, 2.05) is 0 Å². The molecule has 1 atom stereocenters. The molecule has 1 heterocycles. The van der Waals surface area contributed by atoms with Crippen LogP contribution in [-0.2, 0) is 10.0 Å². The summed E-state index contributed by atoms with van der Waals surface area (Å²) in [6.07, 6.45) is 3.49. The highest BCUT2D eigenvalue weighted by Gasteiger charge is 2.34. The zero-order chi connectivity index (χ0) is 15.5. The summed E-state index contributed by atoms with van der Waals surface area (Å²) < 4.78 is 33.5. The quantitative estimate of drug-likeness (QED) is 0.805. The van der Waals surface area contributed by atoms with Crippen LogP contribution in [0.25, 0.3) is 0 Å². The second kappa shape index (κ2) is 8.49. The molecule has 1 aromatic rings. The summed E-state index contributed by atoms with van der Waals surface area (Å²) in [5.74, 6) is 0.371. The Kier molecular flexibility index (Phi) is 7.61. The standard InChI is InChI=1S/C14H21BrN2O3S.ClH/c1-20-13-6-5-11(15)10-14(13)21(18,19)17-9-3-2-4-12(17)7-8-16;/h5-6,10,12H,2-4,7-9,16H2,1H3;1H. The minimum absolute atomic E-state index is 0. The van der Waals surface area contributed by atoms with Crippen LogP contribution in [0.2, 0.25) is 0 Å². The van der Waals surface area contributed by atoms with Gasteiger partial charge in [0.1, 0.15) is 10.6 Å². The Morgan fingerprint density at radius 3 is 2.77 bits per heavy atom. The molecule has 0 aliphatic carbocycles. The summed E-state index contributed by atoms with van der Waals surface area (Å²) >= 11 is 3.33. The van der Waals surface area contributed by atoms with E-state index in [1.165, 1.54) is 7.11 Å². The van der Waals surface area contributed by atoms with Gasteiger partial charge in [0, 0.05) is 17.1 Å². The average molecular weight is 414 g/mol. The molecule has 1 aromatic carbocycles. The van der Waals surface area contributed by atoms with Gasteiger partial charge in [-0.2, -0.15) is 4.31 Å². The molecular formula is C14H22BrClN2O3S. The normalized spacial score (nSPS) is 19.5. The van der Waals surface area contributed by atoms with Crippen molar-refractivity contribution in [2.24, 2.45) is 5.73 Å². The van der Waals surface area contributed by atoms with Gasteiger partial charge in [-0.1, -0.05) is 22.4 Å². The molecule has 1 aliphatic heterocycles. The topological polar surface area (TPSA) is 72.6 Å². The molecule has 1 aliphatic rings. The zero-order valence-corrected chi connectivity index (χ0v) is 15.7. The Morgan fingerprint density at radius 1 is 1.41 bits per heavy atom. The Bertz CT molecular complexity index is 596. The van der Waals surface area contributed by atoms with Crippen LogP contribution >= 0.6 is 28.3 Å². The number of piperidine rings is 1. The molecule has 0 saturated carbocycles. The number of ether oxygens (including phenoxy) is 1. The maximum Gasteiger partial charge on any atom is 0.247 e. The summed E-state index contributed by atoms with van der Waals surface area (Å²) in [5.41, 5.74) is 5.63. The summed E-state index contributed by atoms with van der Waals surface area (Å²) in [7, 11) is -2.09. The van der Waals surface area contributed by atoms with Crippen molar-refractivity contribution in [1.82, 2.24) is 4.31 Å². The van der Waals surface area contributed by atoms with E-state index in [9.17, 15) is 8.42 Å². The molecule has 5 nitrogen and oxygen atoms in total. The minimum atomic E-state index is -3.58. The number of methoxy groups -OCH3 is 1. The largest absolute Gasteiger partial charge is 0.495 e. The molecule has 8 heteroatoms.